The second kappa shape index (κ2) is 2.53. The molecule has 3 nitrogen and oxygen atoms in total. The van der Waals surface area contributed by atoms with E-state index < -0.39 is 15.9 Å². The van der Waals surface area contributed by atoms with Crippen molar-refractivity contribution in [1.29, 1.82) is 0 Å². The molecule has 0 fully saturated rings. The molecular weight excluding hydrogens is 160 g/mol. The lowest BCUT2D eigenvalue weighted by Gasteiger charge is -2.29. The third-order valence-corrected chi connectivity index (χ3v) is 3.69. The molecule has 62 valence electrons. The summed E-state index contributed by atoms with van der Waals surface area (Å²) in [6, 6.07) is 0. The van der Waals surface area contributed by atoms with E-state index in [1.54, 1.807) is 0 Å². The molecule has 0 aromatic heterocycles. The maximum Gasteiger partial charge on any atom is 0.235 e. The highest BCUT2D eigenvalue weighted by Gasteiger charge is 2.39. The zero-order valence-corrected chi connectivity index (χ0v) is 7.73. The summed E-state index contributed by atoms with van der Waals surface area (Å²) in [4.78, 5) is 4.05. The van der Waals surface area contributed by atoms with Crippen LogP contribution in [0.25, 0.3) is 0 Å². The van der Waals surface area contributed by atoms with Crippen LogP contribution in [0.15, 0.2) is 16.2 Å². The zero-order chi connectivity index (χ0) is 8.65. The Morgan fingerprint density at radius 1 is 1.64 bits per heavy atom. The number of hydrogen-bond acceptors (Lipinski definition) is 3. The largest absolute Gasteiger partial charge is 0.610 e. The van der Waals surface area contributed by atoms with Crippen LogP contribution in [-0.4, -0.2) is 15.0 Å². The van der Waals surface area contributed by atoms with Gasteiger partial charge in [-0.05, 0) is 20.8 Å². The van der Waals surface area contributed by atoms with Gasteiger partial charge in [-0.1, -0.05) is 0 Å². The van der Waals surface area contributed by atoms with Crippen molar-refractivity contribution in [3.05, 3.63) is 11.2 Å². The highest BCUT2D eigenvalue weighted by molar-refractivity contribution is 7.97. The van der Waals surface area contributed by atoms with Gasteiger partial charge < -0.3 is 10.3 Å². The van der Waals surface area contributed by atoms with Crippen molar-refractivity contribution in [2.75, 3.05) is 0 Å². The highest BCUT2D eigenvalue weighted by Crippen LogP contribution is 2.26. The number of hydrogen-bond donors (Lipinski definition) is 1. The molecule has 0 aromatic carbocycles. The normalized spacial score (nSPS) is 29.3. The van der Waals surface area contributed by atoms with Gasteiger partial charge in [0.25, 0.3) is 0 Å². The van der Waals surface area contributed by atoms with Crippen LogP contribution in [0.1, 0.15) is 20.8 Å². The Morgan fingerprint density at radius 2 is 2.18 bits per heavy atom. The predicted molar refractivity (Wildman–Crippen MR) is 47.6 cm³/mol. The van der Waals surface area contributed by atoms with Crippen LogP contribution in [0.2, 0.25) is 0 Å². The Balaban J connectivity index is 3.03. The molecule has 0 aromatic rings. The minimum Gasteiger partial charge on any atom is -0.610 e. The molecule has 2 N–H and O–H groups in total. The first-order valence-electron chi connectivity index (χ1n) is 3.38. The molecule has 1 aliphatic heterocycles. The Hall–Kier alpha value is -0.480. The van der Waals surface area contributed by atoms with Crippen LogP contribution in [0.3, 0.4) is 0 Å². The van der Waals surface area contributed by atoms with Gasteiger partial charge in [-0.15, -0.1) is 0 Å². The number of nitrogens with two attached hydrogens (primary N) is 1. The Morgan fingerprint density at radius 3 is 2.64 bits per heavy atom. The fourth-order valence-electron chi connectivity index (χ4n) is 0.793. The summed E-state index contributed by atoms with van der Waals surface area (Å²) in [6.07, 6.45) is 1.47. The lowest BCUT2D eigenvalue weighted by atomic mass is 10.1. The first kappa shape index (κ1) is 8.62. The summed E-state index contributed by atoms with van der Waals surface area (Å²) in [5.41, 5.74) is 6.34. The molecular formula is C7H12N2OS. The van der Waals surface area contributed by atoms with E-state index in [-0.39, 0.29) is 0 Å². The molecule has 0 bridgehead atoms. The van der Waals surface area contributed by atoms with E-state index in [0.717, 1.165) is 5.71 Å². The first-order valence-corrected chi connectivity index (χ1v) is 4.53. The average molecular weight is 172 g/mol. The number of rotatable bonds is 0. The van der Waals surface area contributed by atoms with Gasteiger partial charge in [-0.2, -0.15) is 0 Å². The summed E-state index contributed by atoms with van der Waals surface area (Å²) >= 11 is -1.12. The maximum atomic E-state index is 11.5. The first-order chi connectivity index (χ1) is 4.96. The van der Waals surface area contributed by atoms with Crippen LogP contribution in [-0.2, 0) is 11.2 Å². The summed E-state index contributed by atoms with van der Waals surface area (Å²) in [6.45, 7) is 5.62. The van der Waals surface area contributed by atoms with E-state index in [1.807, 2.05) is 20.8 Å². The molecule has 1 heterocycles. The third-order valence-electron chi connectivity index (χ3n) is 1.93. The van der Waals surface area contributed by atoms with Gasteiger partial charge in [0.15, 0.2) is 4.75 Å². The minimum absolute atomic E-state index is 0.362. The molecule has 0 aliphatic carbocycles. The standard InChI is InChI=1S/C7H12N2OS/c1-5-7(2,3)11(10)6(8)4-9-5/h4H,8H2,1-3H3. The summed E-state index contributed by atoms with van der Waals surface area (Å²) in [5, 5.41) is 0.362. The van der Waals surface area contributed by atoms with Gasteiger partial charge in [-0.3, -0.25) is 4.99 Å². The van der Waals surface area contributed by atoms with E-state index in [2.05, 4.69) is 4.99 Å². The van der Waals surface area contributed by atoms with Crippen LogP contribution in [0.5, 0.6) is 0 Å². The third kappa shape index (κ3) is 1.28. The SMILES string of the molecule is CC1=NC=C(N)[S+]([O-])C1(C)C. The van der Waals surface area contributed by atoms with Gasteiger partial charge in [0.2, 0.25) is 5.03 Å². The van der Waals surface area contributed by atoms with Crippen molar-refractivity contribution in [3.8, 4) is 0 Å². The van der Waals surface area contributed by atoms with Gasteiger partial charge in [0, 0.05) is 11.2 Å². The highest BCUT2D eigenvalue weighted by atomic mass is 32.2. The van der Waals surface area contributed by atoms with Gasteiger partial charge in [0.1, 0.15) is 0 Å². The van der Waals surface area contributed by atoms with Crippen LogP contribution < -0.4 is 5.73 Å². The van der Waals surface area contributed by atoms with Crippen molar-refractivity contribution in [2.24, 2.45) is 10.7 Å². The number of aliphatic imine (C=N–C) groups is 1. The van der Waals surface area contributed by atoms with E-state index in [0.29, 0.717) is 5.03 Å². The molecule has 4 heteroatoms. The Bertz CT molecular complexity index is 233. The molecule has 1 aliphatic rings. The maximum absolute atomic E-state index is 11.5. The Labute approximate surface area is 69.6 Å². The topological polar surface area (TPSA) is 61.4 Å². The minimum atomic E-state index is -1.12. The van der Waals surface area contributed by atoms with Crippen molar-refractivity contribution < 1.29 is 4.55 Å². The van der Waals surface area contributed by atoms with E-state index >= 15 is 0 Å². The molecule has 0 amide bonds. The monoisotopic (exact) mass is 172 g/mol. The van der Waals surface area contributed by atoms with Gasteiger partial charge in [-0.25, -0.2) is 0 Å². The molecule has 1 atom stereocenters. The molecule has 1 rings (SSSR count). The Kier molecular flexibility index (Phi) is 1.98. The second-order valence-electron chi connectivity index (χ2n) is 3.03. The molecule has 0 radical (unpaired) electrons. The smallest absolute Gasteiger partial charge is 0.235 e. The van der Waals surface area contributed by atoms with Crippen molar-refractivity contribution in [1.82, 2.24) is 0 Å². The van der Waals surface area contributed by atoms with Crippen molar-refractivity contribution in [3.63, 3.8) is 0 Å². The van der Waals surface area contributed by atoms with E-state index in [4.69, 9.17) is 5.73 Å². The zero-order valence-electron chi connectivity index (χ0n) is 6.92. The quantitative estimate of drug-likeness (QED) is 0.548. The second-order valence-corrected chi connectivity index (χ2v) is 5.05. The van der Waals surface area contributed by atoms with E-state index in [9.17, 15) is 4.55 Å². The predicted octanol–water partition coefficient (Wildman–Crippen LogP) is 0.746. The van der Waals surface area contributed by atoms with Crippen molar-refractivity contribution in [2.45, 2.75) is 25.5 Å². The van der Waals surface area contributed by atoms with Crippen LogP contribution >= 0.6 is 0 Å². The molecule has 0 saturated heterocycles. The fourth-order valence-corrected chi connectivity index (χ4v) is 1.85. The lowest BCUT2D eigenvalue weighted by Crippen LogP contribution is -2.43. The summed E-state index contributed by atoms with van der Waals surface area (Å²) in [5.74, 6) is 0. The van der Waals surface area contributed by atoms with Crippen LogP contribution in [0.4, 0.5) is 0 Å². The summed E-state index contributed by atoms with van der Waals surface area (Å²) in [7, 11) is 0. The average Bonchev–Trinajstić information content (AvgIpc) is 1.95. The summed E-state index contributed by atoms with van der Waals surface area (Å²) < 4.78 is 11.1. The van der Waals surface area contributed by atoms with Crippen molar-refractivity contribution >= 4 is 16.9 Å². The fraction of sp³-hybridized carbons (Fsp3) is 0.571. The van der Waals surface area contributed by atoms with Gasteiger partial charge >= 0.3 is 0 Å². The molecule has 0 spiro atoms. The molecule has 0 saturated carbocycles. The lowest BCUT2D eigenvalue weighted by molar-refractivity contribution is 0.580. The number of nitrogens with zero attached hydrogens (tertiary/aromatic N) is 1. The van der Waals surface area contributed by atoms with E-state index in [1.165, 1.54) is 6.20 Å². The van der Waals surface area contributed by atoms with Crippen LogP contribution in [0, 0.1) is 0 Å². The van der Waals surface area contributed by atoms with Gasteiger partial charge in [0.05, 0.1) is 11.9 Å². The molecule has 11 heavy (non-hydrogen) atoms. The molecule has 1 unspecified atom stereocenters.